The molecule has 1 atom stereocenters. The van der Waals surface area contributed by atoms with Crippen LogP contribution in [-0.2, 0) is 20.5 Å². The van der Waals surface area contributed by atoms with Crippen molar-refractivity contribution in [2.24, 2.45) is 0 Å². The first-order valence-corrected chi connectivity index (χ1v) is 10.7. The summed E-state index contributed by atoms with van der Waals surface area (Å²) in [4.78, 5) is 13.5. The summed E-state index contributed by atoms with van der Waals surface area (Å²) in [7, 11) is -3.26. The highest BCUT2D eigenvalue weighted by atomic mass is 35.5. The standard InChI is InChI=1S/C16H21Cl2FN2O4S/c1-26(24,25)20-12-4-7-21(8-5-12)9-6-16(19,15(22)23)11-2-3-13(17)14(18)10-11/h2-3,10,12,20H,4-9H2,1H3,(H,22,23). The molecule has 26 heavy (non-hydrogen) atoms. The average molecular weight is 427 g/mol. The average Bonchev–Trinajstić information content (AvgIpc) is 2.55. The molecule has 0 aliphatic carbocycles. The number of nitrogens with zero attached hydrogens (tertiary/aromatic N) is 1. The van der Waals surface area contributed by atoms with E-state index in [9.17, 15) is 18.3 Å². The minimum atomic E-state index is -3.26. The number of carboxylic acid groups (broad SMARTS) is 1. The summed E-state index contributed by atoms with van der Waals surface area (Å²) in [5, 5.41) is 9.72. The lowest BCUT2D eigenvalue weighted by Crippen LogP contribution is -2.45. The number of likely N-dealkylation sites (tertiary alicyclic amines) is 1. The number of carbonyl (C=O) groups is 1. The van der Waals surface area contributed by atoms with Crippen LogP contribution in [0, 0.1) is 0 Å². The zero-order chi connectivity index (χ0) is 19.5. The van der Waals surface area contributed by atoms with Crippen molar-refractivity contribution >= 4 is 39.2 Å². The summed E-state index contributed by atoms with van der Waals surface area (Å²) in [6, 6.07) is 3.79. The van der Waals surface area contributed by atoms with Crippen LogP contribution in [0.2, 0.25) is 10.0 Å². The number of aliphatic carboxylic acids is 1. The smallest absolute Gasteiger partial charge is 0.346 e. The van der Waals surface area contributed by atoms with Crippen molar-refractivity contribution in [3.63, 3.8) is 0 Å². The van der Waals surface area contributed by atoms with Gasteiger partial charge in [0.2, 0.25) is 15.7 Å². The number of hydrogen-bond donors (Lipinski definition) is 2. The molecular weight excluding hydrogens is 406 g/mol. The van der Waals surface area contributed by atoms with E-state index in [1.54, 1.807) is 0 Å². The van der Waals surface area contributed by atoms with Crippen LogP contribution in [0.5, 0.6) is 0 Å². The van der Waals surface area contributed by atoms with Gasteiger partial charge in [0.15, 0.2) is 0 Å². The largest absolute Gasteiger partial charge is 0.479 e. The summed E-state index contributed by atoms with van der Waals surface area (Å²) in [5.41, 5.74) is -2.62. The molecule has 1 fully saturated rings. The third-order valence-electron chi connectivity index (χ3n) is 4.46. The second kappa shape index (κ2) is 8.39. The maximum atomic E-state index is 15.2. The molecule has 1 saturated heterocycles. The van der Waals surface area contributed by atoms with Crippen molar-refractivity contribution in [2.75, 3.05) is 25.9 Å². The number of sulfonamides is 1. The van der Waals surface area contributed by atoms with Gasteiger partial charge in [-0.2, -0.15) is 0 Å². The minimum absolute atomic E-state index is 0.0481. The van der Waals surface area contributed by atoms with Gasteiger partial charge >= 0.3 is 5.97 Å². The van der Waals surface area contributed by atoms with Crippen LogP contribution >= 0.6 is 23.2 Å². The first-order chi connectivity index (χ1) is 12.0. The van der Waals surface area contributed by atoms with Crippen molar-refractivity contribution in [3.8, 4) is 0 Å². The Kier molecular flexibility index (Phi) is 6.90. The molecule has 10 heteroatoms. The predicted octanol–water partition coefficient (Wildman–Crippen LogP) is 2.65. The molecule has 1 aromatic carbocycles. The van der Waals surface area contributed by atoms with Gasteiger partial charge in [-0.1, -0.05) is 29.3 Å². The second-order valence-electron chi connectivity index (χ2n) is 6.49. The molecule has 6 nitrogen and oxygen atoms in total. The molecule has 2 rings (SSSR count). The topological polar surface area (TPSA) is 86.7 Å². The number of nitrogens with one attached hydrogen (secondary N) is 1. The van der Waals surface area contributed by atoms with Crippen LogP contribution in [0.1, 0.15) is 24.8 Å². The highest BCUT2D eigenvalue weighted by Gasteiger charge is 2.41. The lowest BCUT2D eigenvalue weighted by Gasteiger charge is -2.33. The molecule has 2 N–H and O–H groups in total. The van der Waals surface area contributed by atoms with E-state index < -0.39 is 21.7 Å². The quantitative estimate of drug-likeness (QED) is 0.699. The third kappa shape index (κ3) is 5.53. The molecule has 1 heterocycles. The van der Waals surface area contributed by atoms with E-state index in [0.29, 0.717) is 25.9 Å². The predicted molar refractivity (Wildman–Crippen MR) is 98.9 cm³/mol. The van der Waals surface area contributed by atoms with E-state index >= 15 is 4.39 Å². The number of alkyl halides is 1. The van der Waals surface area contributed by atoms with Gasteiger partial charge in [-0.25, -0.2) is 22.3 Å². The molecule has 0 saturated carbocycles. The van der Waals surface area contributed by atoms with Crippen LogP contribution in [0.4, 0.5) is 4.39 Å². The molecule has 0 amide bonds. The summed E-state index contributed by atoms with van der Waals surface area (Å²) < 4.78 is 40.3. The Balaban J connectivity index is 1.99. The summed E-state index contributed by atoms with van der Waals surface area (Å²) >= 11 is 11.7. The number of benzene rings is 1. The molecule has 1 aromatic rings. The molecule has 0 aromatic heterocycles. The van der Waals surface area contributed by atoms with E-state index in [0.717, 1.165) is 6.26 Å². The maximum absolute atomic E-state index is 15.2. The Labute approximate surface area is 162 Å². The second-order valence-corrected chi connectivity index (χ2v) is 9.09. The number of piperidine rings is 1. The molecule has 1 aliphatic heterocycles. The van der Waals surface area contributed by atoms with Crippen LogP contribution < -0.4 is 4.72 Å². The number of halogens is 3. The highest BCUT2D eigenvalue weighted by molar-refractivity contribution is 7.88. The summed E-state index contributed by atoms with van der Waals surface area (Å²) in [5.74, 6) is -1.58. The number of carboxylic acids is 1. The van der Waals surface area contributed by atoms with Gasteiger partial charge in [0.1, 0.15) is 0 Å². The Bertz CT molecular complexity index is 770. The van der Waals surface area contributed by atoms with E-state index in [4.69, 9.17) is 23.2 Å². The Morgan fingerprint density at radius 2 is 1.96 bits per heavy atom. The van der Waals surface area contributed by atoms with Gasteiger partial charge in [-0.15, -0.1) is 0 Å². The Hall–Kier alpha value is -0.930. The van der Waals surface area contributed by atoms with Crippen molar-refractivity contribution < 1.29 is 22.7 Å². The van der Waals surface area contributed by atoms with Crippen molar-refractivity contribution in [1.82, 2.24) is 9.62 Å². The van der Waals surface area contributed by atoms with Crippen molar-refractivity contribution in [1.29, 1.82) is 0 Å². The number of rotatable bonds is 7. The third-order valence-corrected chi connectivity index (χ3v) is 5.96. The first kappa shape index (κ1) is 21.4. The molecule has 1 aliphatic rings. The van der Waals surface area contributed by atoms with Crippen molar-refractivity contribution in [3.05, 3.63) is 33.8 Å². The number of hydrogen-bond acceptors (Lipinski definition) is 4. The lowest BCUT2D eigenvalue weighted by atomic mass is 9.91. The monoisotopic (exact) mass is 426 g/mol. The van der Waals surface area contributed by atoms with Crippen molar-refractivity contribution in [2.45, 2.75) is 31.0 Å². The SMILES string of the molecule is CS(=O)(=O)NC1CCN(CCC(F)(C(=O)O)c2ccc(Cl)c(Cl)c2)CC1. The van der Waals surface area contributed by atoms with Crippen LogP contribution in [0.25, 0.3) is 0 Å². The Morgan fingerprint density at radius 3 is 2.46 bits per heavy atom. The van der Waals surface area contributed by atoms with Gasteiger partial charge in [-0.3, -0.25) is 0 Å². The Morgan fingerprint density at radius 1 is 1.35 bits per heavy atom. The zero-order valence-corrected chi connectivity index (χ0v) is 16.5. The fraction of sp³-hybridized carbons (Fsp3) is 0.562. The zero-order valence-electron chi connectivity index (χ0n) is 14.2. The van der Waals surface area contributed by atoms with E-state index in [1.807, 2.05) is 4.90 Å². The van der Waals surface area contributed by atoms with Crippen LogP contribution in [0.15, 0.2) is 18.2 Å². The molecule has 0 radical (unpaired) electrons. The van der Waals surface area contributed by atoms with E-state index in [2.05, 4.69) is 4.72 Å². The first-order valence-electron chi connectivity index (χ1n) is 8.09. The fourth-order valence-electron chi connectivity index (χ4n) is 3.01. The molecular formula is C16H21Cl2FN2O4S. The van der Waals surface area contributed by atoms with Gasteiger partial charge in [0.25, 0.3) is 0 Å². The summed E-state index contributed by atoms with van der Waals surface area (Å²) in [6.45, 7) is 1.35. The van der Waals surface area contributed by atoms with Crippen LogP contribution in [0.3, 0.4) is 0 Å². The van der Waals surface area contributed by atoms with Gasteiger partial charge in [0, 0.05) is 24.6 Å². The molecule has 0 bridgehead atoms. The maximum Gasteiger partial charge on any atom is 0.346 e. The minimum Gasteiger partial charge on any atom is -0.479 e. The van der Waals surface area contributed by atoms with Gasteiger partial charge in [0.05, 0.1) is 16.3 Å². The van der Waals surface area contributed by atoms with Crippen LogP contribution in [-0.4, -0.2) is 56.3 Å². The normalized spacial score (nSPS) is 19.2. The fourth-order valence-corrected chi connectivity index (χ4v) is 4.15. The lowest BCUT2D eigenvalue weighted by molar-refractivity contribution is -0.152. The van der Waals surface area contributed by atoms with Gasteiger partial charge in [-0.05, 0) is 38.1 Å². The van der Waals surface area contributed by atoms with E-state index in [1.165, 1.54) is 18.2 Å². The molecule has 0 spiro atoms. The molecule has 1 unspecified atom stereocenters. The molecule has 146 valence electrons. The summed E-state index contributed by atoms with van der Waals surface area (Å²) in [6.07, 6.45) is 2.05. The van der Waals surface area contributed by atoms with Gasteiger partial charge < -0.3 is 10.0 Å². The van der Waals surface area contributed by atoms with E-state index in [-0.39, 0.29) is 34.6 Å². The highest BCUT2D eigenvalue weighted by Crippen LogP contribution is 2.35.